The fraction of sp³-hybridized carbons (Fsp3) is 0.333. The minimum absolute atomic E-state index is 0.0910. The Balaban J connectivity index is 3.29. The number of carbonyl (C=O) groups is 1. The molecular formula is C6H7ClN2O2. The lowest BCUT2D eigenvalue weighted by molar-refractivity contribution is 0.0691. The molecule has 11 heavy (non-hydrogen) atoms. The number of hydrogen-bond donors (Lipinski definition) is 1. The molecule has 0 aromatic carbocycles. The first-order valence-corrected chi connectivity index (χ1v) is 3.34. The van der Waals surface area contributed by atoms with Gasteiger partial charge in [-0.2, -0.15) is 0 Å². The normalized spacial score (nSPS) is 10.1. The number of rotatable bonds is 1. The van der Waals surface area contributed by atoms with Gasteiger partial charge in [0.15, 0.2) is 5.69 Å². The number of aromatic nitrogens is 2. The predicted molar refractivity (Wildman–Crippen MR) is 39.9 cm³/mol. The first-order valence-electron chi connectivity index (χ1n) is 2.96. The smallest absolute Gasteiger partial charge is 0.357 e. The Labute approximate surface area is 68.4 Å². The van der Waals surface area contributed by atoms with Gasteiger partial charge < -0.3 is 9.67 Å². The van der Waals surface area contributed by atoms with Gasteiger partial charge in [-0.3, -0.25) is 0 Å². The van der Waals surface area contributed by atoms with Crippen LogP contribution < -0.4 is 0 Å². The number of imidazole rings is 1. The van der Waals surface area contributed by atoms with E-state index in [1.54, 1.807) is 14.0 Å². The van der Waals surface area contributed by atoms with Crippen LogP contribution in [0.3, 0.4) is 0 Å². The second kappa shape index (κ2) is 2.54. The van der Waals surface area contributed by atoms with Gasteiger partial charge >= 0.3 is 5.97 Å². The SMILES string of the molecule is Cc1nc(C(=O)O)c(Cl)n1C. The van der Waals surface area contributed by atoms with Gasteiger partial charge in [-0.25, -0.2) is 9.78 Å². The molecule has 1 rings (SSSR count). The number of nitrogens with zero attached hydrogens (tertiary/aromatic N) is 2. The summed E-state index contributed by atoms with van der Waals surface area (Å²) in [4.78, 5) is 14.2. The Morgan fingerprint density at radius 3 is 2.45 bits per heavy atom. The van der Waals surface area contributed by atoms with Crippen LogP contribution in [0.25, 0.3) is 0 Å². The average molecular weight is 175 g/mol. The van der Waals surface area contributed by atoms with Crippen LogP contribution in [-0.2, 0) is 7.05 Å². The van der Waals surface area contributed by atoms with Crippen molar-refractivity contribution in [3.05, 3.63) is 16.7 Å². The zero-order valence-electron chi connectivity index (χ0n) is 6.13. The number of carboxylic acids is 1. The molecule has 1 N–H and O–H groups in total. The lowest BCUT2D eigenvalue weighted by Gasteiger charge is -1.93. The van der Waals surface area contributed by atoms with E-state index in [0.717, 1.165) is 0 Å². The van der Waals surface area contributed by atoms with Crippen molar-refractivity contribution in [3.8, 4) is 0 Å². The van der Waals surface area contributed by atoms with Crippen LogP contribution in [0.15, 0.2) is 0 Å². The monoisotopic (exact) mass is 174 g/mol. The zero-order chi connectivity index (χ0) is 8.59. The molecule has 0 bridgehead atoms. The van der Waals surface area contributed by atoms with Crippen molar-refractivity contribution in [1.29, 1.82) is 0 Å². The number of halogens is 1. The van der Waals surface area contributed by atoms with Crippen molar-refractivity contribution in [2.24, 2.45) is 7.05 Å². The van der Waals surface area contributed by atoms with Crippen LogP contribution in [0, 0.1) is 6.92 Å². The van der Waals surface area contributed by atoms with Gasteiger partial charge in [0.25, 0.3) is 0 Å². The summed E-state index contributed by atoms with van der Waals surface area (Å²) >= 11 is 5.63. The third kappa shape index (κ3) is 1.21. The summed E-state index contributed by atoms with van der Waals surface area (Å²) in [5.74, 6) is -0.508. The number of aryl methyl sites for hydroxylation is 1. The third-order valence-electron chi connectivity index (χ3n) is 1.45. The van der Waals surface area contributed by atoms with E-state index in [-0.39, 0.29) is 10.8 Å². The number of hydrogen-bond acceptors (Lipinski definition) is 2. The molecule has 0 atom stereocenters. The van der Waals surface area contributed by atoms with E-state index in [1.165, 1.54) is 4.57 Å². The van der Waals surface area contributed by atoms with Crippen molar-refractivity contribution in [1.82, 2.24) is 9.55 Å². The molecular weight excluding hydrogens is 168 g/mol. The number of carboxylic acid groups (broad SMARTS) is 1. The van der Waals surface area contributed by atoms with Gasteiger partial charge in [0.05, 0.1) is 0 Å². The van der Waals surface area contributed by atoms with Crippen molar-refractivity contribution in [3.63, 3.8) is 0 Å². The zero-order valence-corrected chi connectivity index (χ0v) is 6.88. The maximum Gasteiger partial charge on any atom is 0.357 e. The van der Waals surface area contributed by atoms with Gasteiger partial charge in [-0.05, 0) is 6.92 Å². The molecule has 5 heteroatoms. The largest absolute Gasteiger partial charge is 0.476 e. The molecule has 0 aliphatic rings. The standard InChI is InChI=1S/C6H7ClN2O2/c1-3-8-4(6(10)11)5(7)9(3)2/h1-2H3,(H,10,11). The van der Waals surface area contributed by atoms with Crippen LogP contribution >= 0.6 is 11.6 Å². The maximum atomic E-state index is 10.4. The van der Waals surface area contributed by atoms with Crippen molar-refractivity contribution < 1.29 is 9.90 Å². The highest BCUT2D eigenvalue weighted by atomic mass is 35.5. The number of aromatic carboxylic acids is 1. The van der Waals surface area contributed by atoms with E-state index in [4.69, 9.17) is 16.7 Å². The molecule has 0 spiro atoms. The van der Waals surface area contributed by atoms with E-state index in [9.17, 15) is 4.79 Å². The summed E-state index contributed by atoms with van der Waals surface area (Å²) in [6, 6.07) is 0. The highest BCUT2D eigenvalue weighted by Crippen LogP contribution is 2.15. The fourth-order valence-electron chi connectivity index (χ4n) is 0.720. The molecule has 0 radical (unpaired) electrons. The van der Waals surface area contributed by atoms with E-state index in [1.807, 2.05) is 0 Å². The molecule has 1 heterocycles. The summed E-state index contributed by atoms with van der Waals surface area (Å²) in [6.45, 7) is 1.69. The highest BCUT2D eigenvalue weighted by Gasteiger charge is 2.15. The molecule has 0 amide bonds. The summed E-state index contributed by atoms with van der Waals surface area (Å²) in [6.07, 6.45) is 0. The Morgan fingerprint density at radius 1 is 1.73 bits per heavy atom. The molecule has 1 aromatic heterocycles. The Hall–Kier alpha value is -1.03. The first kappa shape index (κ1) is 8.07. The van der Waals surface area contributed by atoms with E-state index in [2.05, 4.69) is 4.98 Å². The summed E-state index contributed by atoms with van der Waals surface area (Å²) in [7, 11) is 1.66. The van der Waals surface area contributed by atoms with E-state index < -0.39 is 5.97 Å². The molecule has 0 saturated heterocycles. The first-order chi connectivity index (χ1) is 5.04. The van der Waals surface area contributed by atoms with Crippen molar-refractivity contribution in [2.75, 3.05) is 0 Å². The summed E-state index contributed by atoms with van der Waals surface area (Å²) in [5, 5.41) is 8.71. The molecule has 0 unspecified atom stereocenters. The van der Waals surface area contributed by atoms with Gasteiger partial charge in [-0.15, -0.1) is 0 Å². The Kier molecular flexibility index (Phi) is 1.87. The quantitative estimate of drug-likeness (QED) is 0.693. The van der Waals surface area contributed by atoms with E-state index in [0.29, 0.717) is 5.82 Å². The minimum atomic E-state index is -1.10. The molecule has 0 fully saturated rings. The molecule has 0 aliphatic heterocycles. The van der Waals surface area contributed by atoms with Crippen LogP contribution in [0.1, 0.15) is 16.3 Å². The average Bonchev–Trinajstić information content (AvgIpc) is 2.17. The Morgan fingerprint density at radius 2 is 2.27 bits per heavy atom. The topological polar surface area (TPSA) is 55.1 Å². The van der Waals surface area contributed by atoms with Crippen molar-refractivity contribution in [2.45, 2.75) is 6.92 Å². The maximum absolute atomic E-state index is 10.4. The molecule has 0 saturated carbocycles. The van der Waals surface area contributed by atoms with Crippen LogP contribution in [-0.4, -0.2) is 20.6 Å². The van der Waals surface area contributed by atoms with Gasteiger partial charge in [-0.1, -0.05) is 11.6 Å². The minimum Gasteiger partial charge on any atom is -0.476 e. The summed E-state index contributed by atoms with van der Waals surface area (Å²) < 4.78 is 1.52. The van der Waals surface area contributed by atoms with Crippen molar-refractivity contribution >= 4 is 17.6 Å². The lowest BCUT2D eigenvalue weighted by Crippen LogP contribution is -1.97. The molecule has 1 aromatic rings. The van der Waals surface area contributed by atoms with E-state index >= 15 is 0 Å². The Bertz CT molecular complexity index is 306. The predicted octanol–water partition coefficient (Wildman–Crippen LogP) is 1.08. The fourth-order valence-corrected chi connectivity index (χ4v) is 0.965. The molecule has 60 valence electrons. The molecule has 0 aliphatic carbocycles. The second-order valence-corrected chi connectivity index (χ2v) is 2.52. The third-order valence-corrected chi connectivity index (χ3v) is 1.88. The lowest BCUT2D eigenvalue weighted by atomic mass is 10.5. The van der Waals surface area contributed by atoms with Crippen LogP contribution in [0.4, 0.5) is 0 Å². The van der Waals surface area contributed by atoms with Gasteiger partial charge in [0.1, 0.15) is 11.0 Å². The van der Waals surface area contributed by atoms with Crippen LogP contribution in [0.5, 0.6) is 0 Å². The molecule has 4 nitrogen and oxygen atoms in total. The van der Waals surface area contributed by atoms with Gasteiger partial charge in [0, 0.05) is 7.05 Å². The second-order valence-electron chi connectivity index (χ2n) is 2.16. The highest BCUT2D eigenvalue weighted by molar-refractivity contribution is 6.32. The summed E-state index contributed by atoms with van der Waals surface area (Å²) in [5.41, 5.74) is -0.0910. The van der Waals surface area contributed by atoms with Crippen LogP contribution in [0.2, 0.25) is 5.15 Å². The van der Waals surface area contributed by atoms with Gasteiger partial charge in [0.2, 0.25) is 0 Å².